The zero-order valence-corrected chi connectivity index (χ0v) is 15.4. The van der Waals surface area contributed by atoms with Gasteiger partial charge in [0.2, 0.25) is 6.29 Å². The van der Waals surface area contributed by atoms with Gasteiger partial charge in [-0.15, -0.1) is 0 Å². The number of carboxylic acid groups (broad SMARTS) is 2. The number of hydrogen-bond donors (Lipinski definition) is 2. The van der Waals surface area contributed by atoms with Gasteiger partial charge >= 0.3 is 17.9 Å². The Kier molecular flexibility index (Phi) is 5.65. The highest BCUT2D eigenvalue weighted by Crippen LogP contribution is 2.40. The third-order valence-corrected chi connectivity index (χ3v) is 4.67. The molecule has 1 atom stereocenters. The molecule has 2 aliphatic rings. The van der Waals surface area contributed by atoms with Gasteiger partial charge in [-0.2, -0.15) is 0 Å². The third kappa shape index (κ3) is 4.33. The van der Waals surface area contributed by atoms with Crippen LogP contribution in [0.1, 0.15) is 40.5 Å². The first-order valence-corrected chi connectivity index (χ1v) is 8.37. The Balaban J connectivity index is 1.99. The minimum absolute atomic E-state index is 0.0222. The number of hydrogen-bond acceptors (Lipinski definition) is 7. The molecule has 26 heavy (non-hydrogen) atoms. The zero-order valence-electron chi connectivity index (χ0n) is 15.4. The van der Waals surface area contributed by atoms with Gasteiger partial charge in [0.1, 0.15) is 5.41 Å². The standard InChI is InChI=1S/C17H26O9/c1-15(2,5-10(18)19)13-23-7-17(8-24-13)9-25-14(26-12(17)22)16(3,4)6-11(20)21/h13-14H,5-9H2,1-4H3,(H,18,19)(H,20,21). The quantitative estimate of drug-likeness (QED) is 0.660. The second kappa shape index (κ2) is 7.13. The summed E-state index contributed by atoms with van der Waals surface area (Å²) >= 11 is 0. The Morgan fingerprint density at radius 1 is 0.923 bits per heavy atom. The van der Waals surface area contributed by atoms with Crippen LogP contribution in [-0.4, -0.2) is 60.5 Å². The molecule has 2 heterocycles. The van der Waals surface area contributed by atoms with Crippen LogP contribution in [0.5, 0.6) is 0 Å². The molecular formula is C17H26O9. The highest BCUT2D eigenvalue weighted by molar-refractivity contribution is 5.78. The summed E-state index contributed by atoms with van der Waals surface area (Å²) in [7, 11) is 0. The Bertz CT molecular complexity index is 565. The predicted molar refractivity (Wildman–Crippen MR) is 86.0 cm³/mol. The summed E-state index contributed by atoms with van der Waals surface area (Å²) in [5, 5.41) is 18.0. The van der Waals surface area contributed by atoms with Gasteiger partial charge in [-0.3, -0.25) is 14.4 Å². The van der Waals surface area contributed by atoms with E-state index in [1.807, 2.05) is 0 Å². The normalized spacial score (nSPS) is 30.1. The summed E-state index contributed by atoms with van der Waals surface area (Å²) in [6.45, 7) is 6.65. The smallest absolute Gasteiger partial charge is 0.321 e. The van der Waals surface area contributed by atoms with Gasteiger partial charge in [0.15, 0.2) is 6.29 Å². The molecule has 0 amide bonds. The van der Waals surface area contributed by atoms with E-state index >= 15 is 0 Å². The van der Waals surface area contributed by atoms with Gasteiger partial charge in [-0.05, 0) is 0 Å². The van der Waals surface area contributed by atoms with Crippen LogP contribution in [-0.2, 0) is 33.3 Å². The first kappa shape index (κ1) is 20.6. The number of carbonyl (C=O) groups is 3. The average Bonchev–Trinajstić information content (AvgIpc) is 2.48. The number of aliphatic carboxylic acids is 2. The van der Waals surface area contributed by atoms with E-state index in [1.165, 1.54) is 0 Å². The number of carboxylic acids is 2. The van der Waals surface area contributed by atoms with E-state index in [4.69, 9.17) is 29.2 Å². The topological polar surface area (TPSA) is 129 Å². The van der Waals surface area contributed by atoms with Crippen molar-refractivity contribution in [2.45, 2.75) is 53.1 Å². The second-order valence-corrected chi connectivity index (χ2v) is 8.40. The number of esters is 1. The van der Waals surface area contributed by atoms with E-state index in [-0.39, 0.29) is 32.7 Å². The summed E-state index contributed by atoms with van der Waals surface area (Å²) < 4.78 is 22.2. The van der Waals surface area contributed by atoms with Crippen LogP contribution >= 0.6 is 0 Å². The van der Waals surface area contributed by atoms with Crippen molar-refractivity contribution in [2.75, 3.05) is 19.8 Å². The fraction of sp³-hybridized carbons (Fsp3) is 0.824. The van der Waals surface area contributed by atoms with Crippen LogP contribution in [0.4, 0.5) is 0 Å². The highest BCUT2D eigenvalue weighted by Gasteiger charge is 2.54. The molecule has 0 aromatic carbocycles. The van der Waals surface area contributed by atoms with Crippen molar-refractivity contribution in [1.82, 2.24) is 0 Å². The van der Waals surface area contributed by atoms with Crippen LogP contribution in [0.3, 0.4) is 0 Å². The molecule has 2 saturated heterocycles. The number of ether oxygens (including phenoxy) is 4. The predicted octanol–water partition coefficient (Wildman–Crippen LogP) is 1.25. The molecule has 1 unspecified atom stereocenters. The minimum Gasteiger partial charge on any atom is -0.481 e. The van der Waals surface area contributed by atoms with Crippen LogP contribution in [0.25, 0.3) is 0 Å². The van der Waals surface area contributed by atoms with Gasteiger partial charge < -0.3 is 29.2 Å². The van der Waals surface area contributed by atoms with Gasteiger partial charge in [-0.25, -0.2) is 0 Å². The van der Waals surface area contributed by atoms with Crippen molar-refractivity contribution in [3.63, 3.8) is 0 Å². The maximum Gasteiger partial charge on any atom is 0.321 e. The largest absolute Gasteiger partial charge is 0.481 e. The lowest BCUT2D eigenvalue weighted by Crippen LogP contribution is -2.59. The average molecular weight is 374 g/mol. The van der Waals surface area contributed by atoms with E-state index in [0.29, 0.717) is 0 Å². The van der Waals surface area contributed by atoms with Crippen molar-refractivity contribution >= 4 is 17.9 Å². The Morgan fingerprint density at radius 2 is 1.31 bits per heavy atom. The van der Waals surface area contributed by atoms with Crippen molar-refractivity contribution < 1.29 is 43.5 Å². The summed E-state index contributed by atoms with van der Waals surface area (Å²) in [6, 6.07) is 0. The maximum atomic E-state index is 12.5. The molecule has 0 bridgehead atoms. The molecule has 148 valence electrons. The molecule has 1 spiro atoms. The van der Waals surface area contributed by atoms with Crippen LogP contribution < -0.4 is 0 Å². The maximum absolute atomic E-state index is 12.5. The van der Waals surface area contributed by atoms with Crippen LogP contribution in [0.2, 0.25) is 0 Å². The molecule has 2 fully saturated rings. The lowest BCUT2D eigenvalue weighted by atomic mass is 9.84. The molecule has 0 aromatic heterocycles. The molecule has 0 radical (unpaired) electrons. The molecule has 0 aliphatic carbocycles. The number of cyclic esters (lactones) is 1. The Morgan fingerprint density at radius 3 is 1.73 bits per heavy atom. The number of carbonyl (C=O) groups excluding carboxylic acids is 1. The minimum atomic E-state index is -1.13. The summed E-state index contributed by atoms with van der Waals surface area (Å²) in [5.74, 6) is -2.55. The monoisotopic (exact) mass is 374 g/mol. The van der Waals surface area contributed by atoms with Gasteiger partial charge in [0, 0.05) is 10.8 Å². The van der Waals surface area contributed by atoms with Gasteiger partial charge in [-0.1, -0.05) is 27.7 Å². The fourth-order valence-corrected chi connectivity index (χ4v) is 3.09. The van der Waals surface area contributed by atoms with E-state index in [9.17, 15) is 14.4 Å². The van der Waals surface area contributed by atoms with Crippen molar-refractivity contribution in [2.24, 2.45) is 16.2 Å². The molecule has 0 aromatic rings. The van der Waals surface area contributed by atoms with E-state index in [2.05, 4.69) is 0 Å². The van der Waals surface area contributed by atoms with Gasteiger partial charge in [0.25, 0.3) is 0 Å². The van der Waals surface area contributed by atoms with Crippen molar-refractivity contribution in [3.05, 3.63) is 0 Å². The van der Waals surface area contributed by atoms with Crippen LogP contribution in [0.15, 0.2) is 0 Å². The Hall–Kier alpha value is -1.71. The van der Waals surface area contributed by atoms with Crippen molar-refractivity contribution in [3.8, 4) is 0 Å². The molecule has 9 nitrogen and oxygen atoms in total. The summed E-state index contributed by atoms with van der Waals surface area (Å²) in [4.78, 5) is 34.5. The van der Waals surface area contributed by atoms with E-state index in [1.54, 1.807) is 27.7 Å². The fourth-order valence-electron chi connectivity index (χ4n) is 3.09. The lowest BCUT2D eigenvalue weighted by molar-refractivity contribution is -0.312. The molecular weight excluding hydrogens is 348 g/mol. The van der Waals surface area contributed by atoms with Crippen LogP contribution in [0, 0.1) is 16.2 Å². The third-order valence-electron chi connectivity index (χ3n) is 4.67. The Labute approximate surface area is 151 Å². The first-order valence-electron chi connectivity index (χ1n) is 8.37. The number of rotatable bonds is 6. The lowest BCUT2D eigenvalue weighted by Gasteiger charge is -2.47. The molecule has 2 N–H and O–H groups in total. The summed E-state index contributed by atoms with van der Waals surface area (Å²) in [6.07, 6.45) is -2.09. The first-order chi connectivity index (χ1) is 11.9. The highest BCUT2D eigenvalue weighted by atomic mass is 16.7. The molecule has 9 heteroatoms. The van der Waals surface area contributed by atoms with E-state index in [0.717, 1.165) is 0 Å². The molecule has 2 aliphatic heterocycles. The SMILES string of the molecule is CC(C)(CC(=O)O)C1OCC2(CO1)COC(C(C)(C)CC(=O)O)OC2=O. The van der Waals surface area contributed by atoms with Gasteiger partial charge in [0.05, 0.1) is 32.7 Å². The van der Waals surface area contributed by atoms with Crippen molar-refractivity contribution in [1.29, 1.82) is 0 Å². The van der Waals surface area contributed by atoms with E-state index < -0.39 is 46.7 Å². The summed E-state index contributed by atoms with van der Waals surface area (Å²) in [5.41, 5.74) is -2.78. The molecule has 2 rings (SSSR count). The molecule has 0 saturated carbocycles. The zero-order chi connectivity index (χ0) is 19.8. The second-order valence-electron chi connectivity index (χ2n) is 8.40.